The molecule has 0 saturated carbocycles. The fourth-order valence-electron chi connectivity index (χ4n) is 5.69. The number of ether oxygens (including phenoxy) is 1. The van der Waals surface area contributed by atoms with E-state index in [2.05, 4.69) is 41.8 Å². The Hall–Kier alpha value is -1.95. The van der Waals surface area contributed by atoms with Crippen LogP contribution in [0.2, 0.25) is 0 Å². The summed E-state index contributed by atoms with van der Waals surface area (Å²) in [7, 11) is 0. The molecule has 3 fully saturated rings. The minimum atomic E-state index is 0.202. The Kier molecular flexibility index (Phi) is 7.29. The minimum Gasteiger partial charge on any atom is -0.381 e. The number of hydrogen-bond donors (Lipinski definition) is 0. The molecule has 3 aliphatic rings. The number of nitrogens with zero attached hydrogens (tertiary/aromatic N) is 2. The van der Waals surface area contributed by atoms with Crippen molar-refractivity contribution in [2.24, 2.45) is 0 Å². The molecule has 0 radical (unpaired) electrons. The predicted molar refractivity (Wildman–Crippen MR) is 136 cm³/mol. The van der Waals surface area contributed by atoms with E-state index in [0.29, 0.717) is 5.92 Å². The van der Waals surface area contributed by atoms with Gasteiger partial charge in [-0.2, -0.15) is 0 Å². The first kappa shape index (κ1) is 22.8. The van der Waals surface area contributed by atoms with Crippen molar-refractivity contribution in [1.29, 1.82) is 0 Å². The maximum Gasteiger partial charge on any atom is 0.264 e. The normalized spacial score (nSPS) is 20.9. The number of thiophene rings is 1. The molecular weight excluding hydrogens is 428 g/mol. The quantitative estimate of drug-likeness (QED) is 0.511. The van der Waals surface area contributed by atoms with Gasteiger partial charge in [0.2, 0.25) is 0 Å². The van der Waals surface area contributed by atoms with E-state index in [1.807, 2.05) is 11.0 Å². The highest BCUT2D eigenvalue weighted by Crippen LogP contribution is 2.36. The lowest BCUT2D eigenvalue weighted by Gasteiger charge is -2.39. The molecule has 5 rings (SSSR count). The molecule has 0 bridgehead atoms. The van der Waals surface area contributed by atoms with E-state index in [1.165, 1.54) is 54.8 Å². The van der Waals surface area contributed by atoms with Gasteiger partial charge in [0.1, 0.15) is 0 Å². The van der Waals surface area contributed by atoms with Gasteiger partial charge in [-0.3, -0.25) is 4.79 Å². The number of allylic oxidation sites excluding steroid dienone is 1. The number of likely N-dealkylation sites (tertiary alicyclic amines) is 2. The van der Waals surface area contributed by atoms with E-state index in [4.69, 9.17) is 4.74 Å². The smallest absolute Gasteiger partial charge is 0.264 e. The average Bonchev–Trinajstić information content (AvgIpc) is 3.56. The van der Waals surface area contributed by atoms with Crippen LogP contribution >= 0.6 is 11.3 Å². The number of rotatable bonds is 6. The van der Waals surface area contributed by atoms with Gasteiger partial charge in [-0.1, -0.05) is 30.3 Å². The Labute approximate surface area is 202 Å². The van der Waals surface area contributed by atoms with Gasteiger partial charge in [0.25, 0.3) is 5.91 Å². The molecule has 3 saturated heterocycles. The second-order valence-corrected chi connectivity index (χ2v) is 10.8. The molecule has 2 aromatic rings. The molecular formula is C28H36N2O2S. The zero-order valence-corrected chi connectivity index (χ0v) is 20.5. The van der Waals surface area contributed by atoms with Crippen LogP contribution in [0.5, 0.6) is 0 Å². The summed E-state index contributed by atoms with van der Waals surface area (Å²) in [6.07, 6.45) is 9.76. The summed E-state index contributed by atoms with van der Waals surface area (Å²) in [5, 5.41) is 0. The maximum atomic E-state index is 13.1. The van der Waals surface area contributed by atoms with Crippen molar-refractivity contribution < 1.29 is 9.53 Å². The maximum absolute atomic E-state index is 13.1. The minimum absolute atomic E-state index is 0.202. The lowest BCUT2D eigenvalue weighted by Crippen LogP contribution is -2.43. The number of amides is 1. The monoisotopic (exact) mass is 464 g/mol. The molecule has 33 heavy (non-hydrogen) atoms. The predicted octanol–water partition coefficient (Wildman–Crippen LogP) is 5.74. The number of benzene rings is 1. The van der Waals surface area contributed by atoms with Crippen molar-refractivity contribution in [3.63, 3.8) is 0 Å². The van der Waals surface area contributed by atoms with Crippen LogP contribution in [0.15, 0.2) is 43.0 Å². The number of piperidine rings is 1. The molecule has 0 N–H and O–H groups in total. The first-order valence-corrected chi connectivity index (χ1v) is 13.5. The third-order valence-electron chi connectivity index (χ3n) is 7.66. The molecule has 176 valence electrons. The van der Waals surface area contributed by atoms with Crippen molar-refractivity contribution in [2.75, 3.05) is 39.4 Å². The van der Waals surface area contributed by atoms with Crippen LogP contribution in [0, 0.1) is 0 Å². The summed E-state index contributed by atoms with van der Waals surface area (Å²) < 4.78 is 5.54. The van der Waals surface area contributed by atoms with Crippen molar-refractivity contribution in [3.05, 3.63) is 59.0 Å². The fraction of sp³-hybridized carbons (Fsp3) is 0.536. The zero-order chi connectivity index (χ0) is 22.6. The Bertz CT molecular complexity index is 947. The molecule has 5 heteroatoms. The highest BCUT2D eigenvalue weighted by molar-refractivity contribution is 7.17. The number of hydrogen-bond acceptors (Lipinski definition) is 4. The summed E-state index contributed by atoms with van der Waals surface area (Å²) in [5.41, 5.74) is 3.79. The van der Waals surface area contributed by atoms with E-state index in [0.717, 1.165) is 62.0 Å². The molecule has 3 aliphatic heterocycles. The van der Waals surface area contributed by atoms with Crippen molar-refractivity contribution in [2.45, 2.75) is 56.9 Å². The van der Waals surface area contributed by atoms with Crippen molar-refractivity contribution in [1.82, 2.24) is 9.80 Å². The third-order valence-corrected chi connectivity index (χ3v) is 8.88. The second-order valence-electron chi connectivity index (χ2n) is 9.73. The standard InChI is InChI=1S/C28H36N2O2S/c1-2-5-24-20-26(33-27(24)28(31)30-14-3-4-15-30)23-8-6-21(7-9-23)22-10-16-29(17-11-22)25-12-18-32-19-13-25/h2,6-9,20,22,25H,1,3-5,10-19H2. The Morgan fingerprint density at radius 3 is 2.39 bits per heavy atom. The van der Waals surface area contributed by atoms with Gasteiger partial charge in [-0.15, -0.1) is 17.9 Å². The third kappa shape index (κ3) is 5.11. The van der Waals surface area contributed by atoms with Crippen LogP contribution < -0.4 is 0 Å². The van der Waals surface area contributed by atoms with E-state index >= 15 is 0 Å². The molecule has 0 atom stereocenters. The lowest BCUT2D eigenvalue weighted by molar-refractivity contribution is 0.0252. The fourth-order valence-corrected chi connectivity index (χ4v) is 6.86. The Balaban J connectivity index is 1.26. The molecule has 4 nitrogen and oxygen atoms in total. The summed E-state index contributed by atoms with van der Waals surface area (Å²) in [4.78, 5) is 19.9. The van der Waals surface area contributed by atoms with Gasteiger partial charge in [0, 0.05) is 37.2 Å². The van der Waals surface area contributed by atoms with E-state index in [-0.39, 0.29) is 5.91 Å². The first-order valence-electron chi connectivity index (χ1n) is 12.7. The highest BCUT2D eigenvalue weighted by Gasteiger charge is 2.27. The number of carbonyl (C=O) groups is 1. The summed E-state index contributed by atoms with van der Waals surface area (Å²) in [6, 6.07) is 12.1. The zero-order valence-electron chi connectivity index (χ0n) is 19.6. The second kappa shape index (κ2) is 10.5. The lowest BCUT2D eigenvalue weighted by atomic mass is 9.88. The van der Waals surface area contributed by atoms with Crippen LogP contribution in [0.1, 0.15) is 65.2 Å². The molecule has 4 heterocycles. The summed E-state index contributed by atoms with van der Waals surface area (Å²) in [6.45, 7) is 9.94. The molecule has 1 aromatic carbocycles. The van der Waals surface area contributed by atoms with Gasteiger partial charge in [0.05, 0.1) is 4.88 Å². The van der Waals surface area contributed by atoms with Gasteiger partial charge in [-0.25, -0.2) is 0 Å². The van der Waals surface area contributed by atoms with Crippen LogP contribution in [-0.4, -0.2) is 61.1 Å². The van der Waals surface area contributed by atoms with Crippen LogP contribution in [-0.2, 0) is 11.2 Å². The SMILES string of the molecule is C=CCc1cc(-c2ccc(C3CCN(C4CCOCC4)CC3)cc2)sc1C(=O)N1CCCC1. The number of carbonyl (C=O) groups excluding carboxylic acids is 1. The van der Waals surface area contributed by atoms with Crippen molar-refractivity contribution in [3.8, 4) is 10.4 Å². The highest BCUT2D eigenvalue weighted by atomic mass is 32.1. The van der Waals surface area contributed by atoms with Gasteiger partial charge in [0.15, 0.2) is 0 Å². The van der Waals surface area contributed by atoms with Gasteiger partial charge < -0.3 is 14.5 Å². The van der Waals surface area contributed by atoms with Crippen molar-refractivity contribution >= 4 is 17.2 Å². The average molecular weight is 465 g/mol. The van der Waals surface area contributed by atoms with Gasteiger partial charge >= 0.3 is 0 Å². The van der Waals surface area contributed by atoms with Gasteiger partial charge in [-0.05, 0) is 86.7 Å². The van der Waals surface area contributed by atoms with E-state index < -0.39 is 0 Å². The topological polar surface area (TPSA) is 32.8 Å². The molecule has 0 unspecified atom stereocenters. The molecule has 0 spiro atoms. The molecule has 1 aromatic heterocycles. The largest absolute Gasteiger partial charge is 0.381 e. The summed E-state index contributed by atoms with van der Waals surface area (Å²) >= 11 is 1.65. The summed E-state index contributed by atoms with van der Waals surface area (Å²) in [5.74, 6) is 0.857. The molecule has 1 amide bonds. The Morgan fingerprint density at radius 2 is 1.73 bits per heavy atom. The van der Waals surface area contributed by atoms with Crippen LogP contribution in [0.25, 0.3) is 10.4 Å². The first-order chi connectivity index (χ1) is 16.2. The Morgan fingerprint density at radius 1 is 1.03 bits per heavy atom. The van der Waals surface area contributed by atoms with E-state index in [9.17, 15) is 4.79 Å². The molecule has 0 aliphatic carbocycles. The van der Waals surface area contributed by atoms with Crippen LogP contribution in [0.3, 0.4) is 0 Å². The van der Waals surface area contributed by atoms with Crippen LogP contribution in [0.4, 0.5) is 0 Å². The van der Waals surface area contributed by atoms with E-state index in [1.54, 1.807) is 11.3 Å².